The van der Waals surface area contributed by atoms with E-state index in [9.17, 15) is 18.0 Å². The molecule has 0 bridgehead atoms. The van der Waals surface area contributed by atoms with Gasteiger partial charge in [0.15, 0.2) is 6.61 Å². The molecule has 0 fully saturated rings. The van der Waals surface area contributed by atoms with Crippen molar-refractivity contribution in [2.75, 3.05) is 22.5 Å². The molecular formula is C23H22ClN3O5S. The Hall–Kier alpha value is -3.56. The second kappa shape index (κ2) is 10.4. The van der Waals surface area contributed by atoms with Gasteiger partial charge in [-0.3, -0.25) is 13.9 Å². The van der Waals surface area contributed by atoms with Crippen molar-refractivity contribution < 1.29 is 22.7 Å². The van der Waals surface area contributed by atoms with E-state index in [0.29, 0.717) is 27.7 Å². The zero-order chi connectivity index (χ0) is 24.0. The highest BCUT2D eigenvalue weighted by Gasteiger charge is 2.18. The Labute approximate surface area is 197 Å². The lowest BCUT2D eigenvalue weighted by Gasteiger charge is -2.23. The Morgan fingerprint density at radius 1 is 0.970 bits per heavy atom. The molecule has 0 aliphatic carbocycles. The first-order valence-electron chi connectivity index (χ1n) is 9.76. The summed E-state index contributed by atoms with van der Waals surface area (Å²) in [5.41, 5.74) is 7.26. The third kappa shape index (κ3) is 6.96. The fourth-order valence-corrected chi connectivity index (χ4v) is 3.94. The van der Waals surface area contributed by atoms with E-state index >= 15 is 0 Å². The predicted molar refractivity (Wildman–Crippen MR) is 128 cm³/mol. The average molecular weight is 488 g/mol. The molecule has 0 aromatic heterocycles. The van der Waals surface area contributed by atoms with Gasteiger partial charge in [-0.05, 0) is 66.2 Å². The van der Waals surface area contributed by atoms with Crippen molar-refractivity contribution in [3.05, 3.63) is 88.9 Å². The Kier molecular flexibility index (Phi) is 7.57. The summed E-state index contributed by atoms with van der Waals surface area (Å²) in [5.74, 6) is -0.549. The third-order valence-corrected chi connectivity index (χ3v) is 5.98. The average Bonchev–Trinajstić information content (AvgIpc) is 2.77. The van der Waals surface area contributed by atoms with Crippen LogP contribution in [0.2, 0.25) is 5.02 Å². The number of halogens is 1. The normalized spacial score (nSPS) is 11.0. The first-order valence-corrected chi connectivity index (χ1v) is 12.0. The van der Waals surface area contributed by atoms with Crippen LogP contribution in [0.4, 0.5) is 11.4 Å². The molecule has 172 valence electrons. The van der Waals surface area contributed by atoms with Crippen molar-refractivity contribution in [1.82, 2.24) is 0 Å². The zero-order valence-corrected chi connectivity index (χ0v) is 19.3. The van der Waals surface area contributed by atoms with Crippen molar-refractivity contribution in [2.45, 2.75) is 6.54 Å². The summed E-state index contributed by atoms with van der Waals surface area (Å²) in [7, 11) is -3.54. The van der Waals surface area contributed by atoms with Crippen LogP contribution in [0.5, 0.6) is 5.75 Å². The van der Waals surface area contributed by atoms with E-state index in [1.165, 1.54) is 16.4 Å². The van der Waals surface area contributed by atoms with Gasteiger partial charge in [-0.25, -0.2) is 8.42 Å². The number of carbonyl (C=O) groups is 2. The summed E-state index contributed by atoms with van der Waals surface area (Å²) >= 11 is 5.90. The number of benzene rings is 3. The smallest absolute Gasteiger partial charge is 0.262 e. The molecule has 0 atom stereocenters. The van der Waals surface area contributed by atoms with Crippen molar-refractivity contribution in [3.8, 4) is 5.75 Å². The van der Waals surface area contributed by atoms with Gasteiger partial charge in [-0.1, -0.05) is 23.7 Å². The van der Waals surface area contributed by atoms with Crippen LogP contribution in [0.25, 0.3) is 0 Å². The van der Waals surface area contributed by atoms with Crippen LogP contribution in [-0.4, -0.2) is 33.1 Å². The first kappa shape index (κ1) is 24.1. The Bertz CT molecular complexity index is 1230. The molecule has 8 nitrogen and oxygen atoms in total. The fourth-order valence-electron chi connectivity index (χ4n) is 2.93. The molecule has 2 amide bonds. The number of sulfonamides is 1. The standard InChI is InChI=1S/C23H22ClN3O5S/c1-33(30,31)27(14-16-2-6-18(24)7-3-16)20-10-12-21(13-11-20)32-15-22(28)26-19-8-4-17(5-9-19)23(25)29/h2-13H,14-15H2,1H3,(H2,25,29)(H,26,28). The van der Waals surface area contributed by atoms with Crippen LogP contribution >= 0.6 is 11.6 Å². The number of nitrogens with two attached hydrogens (primary N) is 1. The Morgan fingerprint density at radius 3 is 2.12 bits per heavy atom. The number of anilines is 2. The maximum atomic E-state index is 12.3. The van der Waals surface area contributed by atoms with Gasteiger partial charge in [0.05, 0.1) is 18.5 Å². The monoisotopic (exact) mass is 487 g/mol. The highest BCUT2D eigenvalue weighted by Crippen LogP contribution is 2.24. The van der Waals surface area contributed by atoms with Gasteiger partial charge in [0.25, 0.3) is 5.91 Å². The molecule has 10 heteroatoms. The SMILES string of the molecule is CS(=O)(=O)N(Cc1ccc(Cl)cc1)c1ccc(OCC(=O)Nc2ccc(C(N)=O)cc2)cc1. The highest BCUT2D eigenvalue weighted by molar-refractivity contribution is 7.92. The van der Waals surface area contributed by atoms with E-state index in [-0.39, 0.29) is 13.2 Å². The van der Waals surface area contributed by atoms with Gasteiger partial charge < -0.3 is 15.8 Å². The minimum atomic E-state index is -3.54. The summed E-state index contributed by atoms with van der Waals surface area (Å²) in [5, 5.41) is 3.21. The van der Waals surface area contributed by atoms with E-state index < -0.39 is 21.8 Å². The van der Waals surface area contributed by atoms with Crippen molar-refractivity contribution in [3.63, 3.8) is 0 Å². The molecule has 0 unspecified atom stereocenters. The van der Waals surface area contributed by atoms with Crippen LogP contribution in [0, 0.1) is 0 Å². The number of nitrogens with zero attached hydrogens (tertiary/aromatic N) is 1. The number of nitrogens with one attached hydrogen (secondary N) is 1. The van der Waals surface area contributed by atoms with E-state index in [2.05, 4.69) is 5.32 Å². The summed E-state index contributed by atoms with van der Waals surface area (Å²) in [6, 6.07) is 19.5. The van der Waals surface area contributed by atoms with Crippen LogP contribution < -0.4 is 20.1 Å². The molecule has 0 saturated carbocycles. The van der Waals surface area contributed by atoms with Crippen LogP contribution in [0.1, 0.15) is 15.9 Å². The minimum Gasteiger partial charge on any atom is -0.484 e. The van der Waals surface area contributed by atoms with Gasteiger partial charge in [-0.15, -0.1) is 0 Å². The molecule has 3 N–H and O–H groups in total. The molecule has 0 radical (unpaired) electrons. The highest BCUT2D eigenvalue weighted by atomic mass is 35.5. The van der Waals surface area contributed by atoms with Crippen LogP contribution in [0.15, 0.2) is 72.8 Å². The lowest BCUT2D eigenvalue weighted by molar-refractivity contribution is -0.118. The van der Waals surface area contributed by atoms with Gasteiger partial charge in [0, 0.05) is 16.3 Å². The number of primary amides is 1. The first-order chi connectivity index (χ1) is 15.6. The Morgan fingerprint density at radius 2 is 1.58 bits per heavy atom. The van der Waals surface area contributed by atoms with Gasteiger partial charge >= 0.3 is 0 Å². The maximum absolute atomic E-state index is 12.3. The van der Waals surface area contributed by atoms with Crippen molar-refractivity contribution in [2.24, 2.45) is 5.73 Å². The molecule has 3 aromatic carbocycles. The molecule has 33 heavy (non-hydrogen) atoms. The fraction of sp³-hybridized carbons (Fsp3) is 0.130. The summed E-state index contributed by atoms with van der Waals surface area (Å²) in [6.45, 7) is -0.107. The zero-order valence-electron chi connectivity index (χ0n) is 17.7. The quantitative estimate of drug-likeness (QED) is 0.479. The lowest BCUT2D eigenvalue weighted by Crippen LogP contribution is -2.29. The molecule has 0 aliphatic rings. The number of ether oxygens (including phenoxy) is 1. The van der Waals surface area contributed by atoms with Crippen LogP contribution in [0.3, 0.4) is 0 Å². The van der Waals surface area contributed by atoms with Crippen LogP contribution in [-0.2, 0) is 21.4 Å². The molecule has 3 aromatic rings. The molecule has 3 rings (SSSR count). The van der Waals surface area contributed by atoms with E-state index in [0.717, 1.165) is 11.8 Å². The molecule has 0 heterocycles. The topological polar surface area (TPSA) is 119 Å². The third-order valence-electron chi connectivity index (χ3n) is 4.59. The van der Waals surface area contributed by atoms with E-state index in [1.807, 2.05) is 0 Å². The molecule has 0 saturated heterocycles. The second-order valence-electron chi connectivity index (χ2n) is 7.17. The number of hydrogen-bond acceptors (Lipinski definition) is 5. The van der Waals surface area contributed by atoms with E-state index in [4.69, 9.17) is 22.1 Å². The van der Waals surface area contributed by atoms with Gasteiger partial charge in [0.2, 0.25) is 15.9 Å². The molecule has 0 aliphatic heterocycles. The number of amides is 2. The van der Waals surface area contributed by atoms with Crippen molar-refractivity contribution >= 4 is 44.8 Å². The van der Waals surface area contributed by atoms with Crippen molar-refractivity contribution in [1.29, 1.82) is 0 Å². The van der Waals surface area contributed by atoms with Gasteiger partial charge in [-0.2, -0.15) is 0 Å². The second-order valence-corrected chi connectivity index (χ2v) is 9.51. The predicted octanol–water partition coefficient (Wildman–Crippen LogP) is 3.42. The number of carbonyl (C=O) groups excluding carboxylic acids is 2. The maximum Gasteiger partial charge on any atom is 0.262 e. The lowest BCUT2D eigenvalue weighted by atomic mass is 10.2. The molecule has 0 spiro atoms. The summed E-state index contributed by atoms with van der Waals surface area (Å²) < 4.78 is 31.4. The summed E-state index contributed by atoms with van der Waals surface area (Å²) in [4.78, 5) is 23.2. The minimum absolute atomic E-state index is 0.146. The van der Waals surface area contributed by atoms with E-state index in [1.54, 1.807) is 60.7 Å². The summed E-state index contributed by atoms with van der Waals surface area (Å²) in [6.07, 6.45) is 1.13. The number of rotatable bonds is 9. The Balaban J connectivity index is 1.61. The molecular weight excluding hydrogens is 466 g/mol. The number of hydrogen-bond donors (Lipinski definition) is 2. The van der Waals surface area contributed by atoms with Gasteiger partial charge in [0.1, 0.15) is 5.75 Å². The largest absolute Gasteiger partial charge is 0.484 e.